The predicted octanol–water partition coefficient (Wildman–Crippen LogP) is 3.56. The second-order valence-electron chi connectivity index (χ2n) is 3.83. The van der Waals surface area contributed by atoms with Gasteiger partial charge in [0.15, 0.2) is 0 Å². The van der Waals surface area contributed by atoms with Crippen molar-refractivity contribution < 1.29 is 9.00 Å². The maximum Gasteiger partial charge on any atom is 0.215 e. The van der Waals surface area contributed by atoms with Gasteiger partial charge in [0.1, 0.15) is 11.6 Å². The second kappa shape index (κ2) is 6.13. The Labute approximate surface area is 125 Å². The first-order chi connectivity index (χ1) is 9.54. The minimum Gasteiger partial charge on any atom is -0.287 e. The van der Waals surface area contributed by atoms with Crippen molar-refractivity contribution in [3.05, 3.63) is 51.0 Å². The van der Waals surface area contributed by atoms with E-state index < -0.39 is 15.5 Å². The molecule has 0 bridgehead atoms. The molecule has 0 aliphatic heterocycles. The van der Waals surface area contributed by atoms with Gasteiger partial charge in [-0.15, -0.1) is 11.3 Å². The van der Waals surface area contributed by atoms with Crippen molar-refractivity contribution >= 4 is 38.2 Å². The summed E-state index contributed by atoms with van der Waals surface area (Å²) in [5.41, 5.74) is -0.114. The van der Waals surface area contributed by atoms with Gasteiger partial charge in [-0.05, 0) is 22.9 Å². The first-order valence-corrected chi connectivity index (χ1v) is 9.21. The predicted molar refractivity (Wildman–Crippen MR) is 81.4 cm³/mol. The van der Waals surface area contributed by atoms with Gasteiger partial charge in [-0.3, -0.25) is 4.79 Å². The van der Waals surface area contributed by atoms with Crippen LogP contribution in [-0.4, -0.2) is 16.2 Å². The lowest BCUT2D eigenvalue weighted by Crippen LogP contribution is -2.00. The van der Waals surface area contributed by atoms with Gasteiger partial charge in [0, 0.05) is 11.6 Å². The smallest absolute Gasteiger partial charge is 0.215 e. The van der Waals surface area contributed by atoms with Gasteiger partial charge < -0.3 is 0 Å². The van der Waals surface area contributed by atoms with Crippen molar-refractivity contribution in [3.8, 4) is 6.07 Å². The maximum absolute atomic E-state index is 12.4. The summed E-state index contributed by atoms with van der Waals surface area (Å²) in [4.78, 5) is 13.1. The Morgan fingerprint density at radius 3 is 2.80 bits per heavy atom. The second-order valence-corrected chi connectivity index (χ2v) is 7.84. The van der Waals surface area contributed by atoms with Gasteiger partial charge in [0.05, 0.1) is 25.7 Å². The average Bonchev–Trinajstić information content (AvgIpc) is 3.12. The first kappa shape index (κ1) is 14.7. The normalized spacial score (nSPS) is 14.3. The Morgan fingerprint density at radius 2 is 2.25 bits per heavy atom. The molecule has 2 rings (SSSR count). The zero-order chi connectivity index (χ0) is 14.6. The zero-order valence-corrected chi connectivity index (χ0v) is 12.9. The van der Waals surface area contributed by atoms with Gasteiger partial charge in [-0.25, -0.2) is 8.57 Å². The summed E-state index contributed by atoms with van der Waals surface area (Å²) >= 11 is 2.67. The van der Waals surface area contributed by atoms with Crippen molar-refractivity contribution in [1.82, 2.24) is 0 Å². The fourth-order valence-corrected chi connectivity index (χ4v) is 4.27. The third-order valence-corrected chi connectivity index (χ3v) is 5.76. The molecule has 1 atom stereocenters. The zero-order valence-electron chi connectivity index (χ0n) is 10.5. The summed E-state index contributed by atoms with van der Waals surface area (Å²) in [6.45, 7) is 0. The van der Waals surface area contributed by atoms with Crippen molar-refractivity contribution in [2.45, 2.75) is 4.90 Å². The molecule has 1 unspecified atom stereocenters. The van der Waals surface area contributed by atoms with E-state index in [0.717, 1.165) is 6.20 Å². The summed E-state index contributed by atoms with van der Waals surface area (Å²) in [5, 5.41) is 14.3. The molecule has 0 aliphatic carbocycles. The average molecular weight is 322 g/mol. The fraction of sp³-hybridized carbons (Fsp3) is 0.0769. The number of nitrogens with zero attached hydrogens (tertiary/aromatic N) is 2. The third-order valence-electron chi connectivity index (χ3n) is 2.43. The number of carbonyl (C=O) groups is 1. The van der Waals surface area contributed by atoms with Crippen LogP contribution in [0.2, 0.25) is 0 Å². The van der Waals surface area contributed by atoms with E-state index in [0.29, 0.717) is 9.77 Å². The van der Waals surface area contributed by atoms with E-state index in [1.54, 1.807) is 34.3 Å². The summed E-state index contributed by atoms with van der Waals surface area (Å²) in [6.07, 6.45) is 2.60. The van der Waals surface area contributed by atoms with Crippen LogP contribution < -0.4 is 0 Å². The lowest BCUT2D eigenvalue weighted by atomic mass is 10.2. The molecule has 7 heteroatoms. The number of hydrogen-bond acceptors (Lipinski definition) is 6. The van der Waals surface area contributed by atoms with E-state index >= 15 is 0 Å². The molecular formula is C13H10N2O2S3. The SMILES string of the molecule is CS(=O)(=N/C=C(/C#N)C(=O)c1cccs1)c1ccsc1. The van der Waals surface area contributed by atoms with Crippen LogP contribution in [0.25, 0.3) is 0 Å². The molecule has 102 valence electrons. The summed E-state index contributed by atoms with van der Waals surface area (Å²) in [5.74, 6) is -0.397. The number of allylic oxidation sites excluding steroid dienone is 1. The van der Waals surface area contributed by atoms with Crippen molar-refractivity contribution in [2.75, 3.05) is 6.26 Å². The number of thiophene rings is 2. The van der Waals surface area contributed by atoms with Crippen molar-refractivity contribution in [1.29, 1.82) is 5.26 Å². The van der Waals surface area contributed by atoms with E-state index in [4.69, 9.17) is 5.26 Å². The van der Waals surface area contributed by atoms with Crippen LogP contribution >= 0.6 is 22.7 Å². The highest BCUT2D eigenvalue weighted by molar-refractivity contribution is 7.93. The van der Waals surface area contributed by atoms with Crippen LogP contribution in [-0.2, 0) is 9.73 Å². The molecule has 2 aromatic rings. The molecule has 0 aliphatic rings. The molecule has 0 saturated heterocycles. The number of Topliss-reactive ketones (excluding diaryl/α,β-unsaturated/α-hetero) is 1. The maximum atomic E-state index is 12.4. The fourth-order valence-electron chi connectivity index (χ4n) is 1.36. The van der Waals surface area contributed by atoms with Crippen LogP contribution in [0, 0.1) is 11.3 Å². The molecule has 2 heterocycles. The summed E-state index contributed by atoms with van der Waals surface area (Å²) in [6, 6.07) is 6.90. The van der Waals surface area contributed by atoms with E-state index in [9.17, 15) is 9.00 Å². The number of hydrogen-bond donors (Lipinski definition) is 0. The number of carbonyl (C=O) groups excluding carboxylic acids is 1. The van der Waals surface area contributed by atoms with Crippen LogP contribution in [0.4, 0.5) is 0 Å². The monoisotopic (exact) mass is 322 g/mol. The molecule has 0 fully saturated rings. The Hall–Kier alpha value is -1.75. The molecule has 20 heavy (non-hydrogen) atoms. The topological polar surface area (TPSA) is 70.3 Å². The Kier molecular flexibility index (Phi) is 4.49. The Morgan fingerprint density at radius 1 is 1.45 bits per heavy atom. The van der Waals surface area contributed by atoms with Crippen LogP contribution in [0.1, 0.15) is 9.67 Å². The van der Waals surface area contributed by atoms with Crippen molar-refractivity contribution in [3.63, 3.8) is 0 Å². The highest BCUT2D eigenvalue weighted by Crippen LogP contribution is 2.17. The van der Waals surface area contributed by atoms with Crippen LogP contribution in [0.5, 0.6) is 0 Å². The van der Waals surface area contributed by atoms with E-state index in [-0.39, 0.29) is 5.57 Å². The number of ketones is 1. The van der Waals surface area contributed by atoms with E-state index in [2.05, 4.69) is 4.36 Å². The molecule has 0 radical (unpaired) electrons. The number of rotatable bonds is 4. The molecule has 0 amide bonds. The molecule has 0 spiro atoms. The minimum atomic E-state index is -2.62. The number of nitriles is 1. The standard InChI is InChI=1S/C13H10N2O2S3/c1-20(17,11-4-6-18-9-11)15-8-10(7-14)13(16)12-3-2-5-19-12/h2-6,8-9H,1H3/b10-8-. The molecule has 0 N–H and O–H groups in total. The Bertz CT molecular complexity index is 787. The summed E-state index contributed by atoms with van der Waals surface area (Å²) < 4.78 is 16.3. The van der Waals surface area contributed by atoms with Gasteiger partial charge in [0.25, 0.3) is 0 Å². The highest BCUT2D eigenvalue weighted by Gasteiger charge is 2.13. The van der Waals surface area contributed by atoms with E-state index in [1.807, 2.05) is 6.07 Å². The molecular weight excluding hydrogens is 312 g/mol. The lowest BCUT2D eigenvalue weighted by Gasteiger charge is -1.98. The lowest BCUT2D eigenvalue weighted by molar-refractivity contribution is 0.104. The third kappa shape index (κ3) is 3.22. The summed E-state index contributed by atoms with van der Waals surface area (Å²) in [7, 11) is -2.62. The Balaban J connectivity index is 2.36. The van der Waals surface area contributed by atoms with Crippen molar-refractivity contribution in [2.24, 2.45) is 4.36 Å². The van der Waals surface area contributed by atoms with Gasteiger partial charge >= 0.3 is 0 Å². The van der Waals surface area contributed by atoms with E-state index in [1.165, 1.54) is 28.9 Å². The molecule has 2 aromatic heterocycles. The van der Waals surface area contributed by atoms with Crippen LogP contribution in [0.3, 0.4) is 0 Å². The molecule has 0 aromatic carbocycles. The quantitative estimate of drug-likeness (QED) is 0.491. The van der Waals surface area contributed by atoms with Gasteiger partial charge in [-0.1, -0.05) is 6.07 Å². The largest absolute Gasteiger partial charge is 0.287 e. The van der Waals surface area contributed by atoms with Crippen LogP contribution in [0.15, 0.2) is 55.4 Å². The minimum absolute atomic E-state index is 0.114. The van der Waals surface area contributed by atoms with Gasteiger partial charge in [0.2, 0.25) is 5.78 Å². The molecule has 4 nitrogen and oxygen atoms in total. The highest BCUT2D eigenvalue weighted by atomic mass is 32.2. The molecule has 0 saturated carbocycles. The van der Waals surface area contributed by atoms with Gasteiger partial charge in [-0.2, -0.15) is 16.6 Å². The first-order valence-electron chi connectivity index (χ1n) is 5.46.